The Morgan fingerprint density at radius 1 is 1.40 bits per heavy atom. The lowest BCUT2D eigenvalue weighted by molar-refractivity contribution is 0.141. The van der Waals surface area contributed by atoms with E-state index in [0.717, 1.165) is 31.1 Å². The van der Waals surface area contributed by atoms with E-state index in [1.54, 1.807) is 0 Å². The third-order valence-electron chi connectivity index (χ3n) is 1.92. The van der Waals surface area contributed by atoms with Gasteiger partial charge in [-0.05, 0) is 25.5 Å². The molecule has 1 aromatic heterocycles. The molecular formula is C11H19N3O. The van der Waals surface area contributed by atoms with Crippen molar-refractivity contribution in [1.82, 2.24) is 4.98 Å². The molecule has 0 fully saturated rings. The lowest BCUT2D eigenvalue weighted by atomic mass is 10.3. The van der Waals surface area contributed by atoms with Gasteiger partial charge in [0.1, 0.15) is 5.82 Å². The number of nitrogens with zero attached hydrogens (tertiary/aromatic N) is 1. The largest absolute Gasteiger partial charge is 0.380 e. The Labute approximate surface area is 90.8 Å². The molecule has 0 aliphatic rings. The van der Waals surface area contributed by atoms with Crippen molar-refractivity contribution in [3.8, 4) is 0 Å². The number of aryl methyl sites for hydroxylation is 1. The average Bonchev–Trinajstić information content (AvgIpc) is 2.23. The van der Waals surface area contributed by atoms with E-state index in [9.17, 15) is 0 Å². The molecule has 0 aliphatic carbocycles. The predicted octanol–water partition coefficient (Wildman–Crippen LogP) is 1.17. The minimum absolute atomic E-state index is 0.590. The molecule has 3 N–H and O–H groups in total. The van der Waals surface area contributed by atoms with E-state index in [4.69, 9.17) is 10.5 Å². The van der Waals surface area contributed by atoms with Crippen molar-refractivity contribution < 1.29 is 4.74 Å². The van der Waals surface area contributed by atoms with Gasteiger partial charge in [-0.2, -0.15) is 0 Å². The quantitative estimate of drug-likeness (QED) is 0.662. The van der Waals surface area contributed by atoms with Crippen LogP contribution in [0, 0.1) is 6.92 Å². The molecule has 1 rings (SSSR count). The number of anilines is 1. The van der Waals surface area contributed by atoms with E-state index in [1.165, 1.54) is 0 Å². The van der Waals surface area contributed by atoms with Gasteiger partial charge in [-0.1, -0.05) is 6.07 Å². The van der Waals surface area contributed by atoms with Crippen LogP contribution in [0.15, 0.2) is 18.2 Å². The standard InChI is InChI=1S/C11H19N3O/c1-10-4-2-5-11(14-10)13-7-3-8-15-9-6-12/h2,4-5H,3,6-9,12H2,1H3,(H,13,14). The summed E-state index contributed by atoms with van der Waals surface area (Å²) in [5.74, 6) is 0.925. The molecule has 4 heteroatoms. The molecule has 0 saturated carbocycles. The smallest absolute Gasteiger partial charge is 0.126 e. The Morgan fingerprint density at radius 2 is 2.27 bits per heavy atom. The van der Waals surface area contributed by atoms with Crippen LogP contribution in [-0.4, -0.2) is 31.3 Å². The fraction of sp³-hybridized carbons (Fsp3) is 0.545. The maximum atomic E-state index is 5.30. The summed E-state index contributed by atoms with van der Waals surface area (Å²) in [5, 5.41) is 3.24. The van der Waals surface area contributed by atoms with E-state index in [1.807, 2.05) is 25.1 Å². The summed E-state index contributed by atoms with van der Waals surface area (Å²) >= 11 is 0. The van der Waals surface area contributed by atoms with Crippen LogP contribution in [0.3, 0.4) is 0 Å². The maximum Gasteiger partial charge on any atom is 0.126 e. The van der Waals surface area contributed by atoms with Crippen LogP contribution in [0.2, 0.25) is 0 Å². The second-order valence-corrected chi connectivity index (χ2v) is 3.35. The Kier molecular flexibility index (Phi) is 5.73. The number of ether oxygens (including phenoxy) is 1. The third-order valence-corrected chi connectivity index (χ3v) is 1.92. The van der Waals surface area contributed by atoms with Crippen LogP contribution in [0.4, 0.5) is 5.82 Å². The monoisotopic (exact) mass is 209 g/mol. The fourth-order valence-electron chi connectivity index (χ4n) is 1.22. The first-order valence-electron chi connectivity index (χ1n) is 5.28. The Balaban J connectivity index is 2.10. The van der Waals surface area contributed by atoms with Gasteiger partial charge in [0, 0.05) is 25.4 Å². The summed E-state index contributed by atoms with van der Waals surface area (Å²) in [6.45, 7) is 4.84. The molecule has 0 aliphatic heterocycles. The topological polar surface area (TPSA) is 60.2 Å². The first kappa shape index (κ1) is 11.9. The number of hydrogen-bond donors (Lipinski definition) is 2. The van der Waals surface area contributed by atoms with Crippen LogP contribution in [0.5, 0.6) is 0 Å². The number of nitrogens with two attached hydrogens (primary N) is 1. The van der Waals surface area contributed by atoms with Crippen molar-refractivity contribution in [1.29, 1.82) is 0 Å². The molecule has 0 saturated heterocycles. The van der Waals surface area contributed by atoms with Gasteiger partial charge >= 0.3 is 0 Å². The lowest BCUT2D eigenvalue weighted by Gasteiger charge is -2.06. The van der Waals surface area contributed by atoms with E-state index < -0.39 is 0 Å². The number of aromatic nitrogens is 1. The lowest BCUT2D eigenvalue weighted by Crippen LogP contribution is -2.11. The van der Waals surface area contributed by atoms with Crippen LogP contribution < -0.4 is 11.1 Å². The van der Waals surface area contributed by atoms with Gasteiger partial charge in [0.2, 0.25) is 0 Å². The summed E-state index contributed by atoms with van der Waals surface area (Å²) in [6, 6.07) is 5.94. The molecule has 4 nitrogen and oxygen atoms in total. The van der Waals surface area contributed by atoms with Crippen molar-refractivity contribution in [2.45, 2.75) is 13.3 Å². The van der Waals surface area contributed by atoms with Crippen molar-refractivity contribution >= 4 is 5.82 Å². The molecule has 0 spiro atoms. The first-order valence-corrected chi connectivity index (χ1v) is 5.28. The summed E-state index contributed by atoms with van der Waals surface area (Å²) in [6.07, 6.45) is 0.968. The Morgan fingerprint density at radius 3 is 3.00 bits per heavy atom. The van der Waals surface area contributed by atoms with Gasteiger partial charge in [-0.15, -0.1) is 0 Å². The highest BCUT2D eigenvalue weighted by Gasteiger charge is 1.93. The Bertz CT molecular complexity index is 278. The summed E-state index contributed by atoms with van der Waals surface area (Å²) < 4.78 is 5.26. The number of pyridine rings is 1. The fourth-order valence-corrected chi connectivity index (χ4v) is 1.22. The van der Waals surface area contributed by atoms with Gasteiger partial charge in [0.15, 0.2) is 0 Å². The second kappa shape index (κ2) is 7.20. The van der Waals surface area contributed by atoms with E-state index in [-0.39, 0.29) is 0 Å². The van der Waals surface area contributed by atoms with Crippen LogP contribution in [-0.2, 0) is 4.74 Å². The number of nitrogens with one attached hydrogen (secondary N) is 1. The minimum Gasteiger partial charge on any atom is -0.380 e. The van der Waals surface area contributed by atoms with E-state index in [0.29, 0.717) is 13.2 Å². The molecule has 0 bridgehead atoms. The average molecular weight is 209 g/mol. The molecule has 15 heavy (non-hydrogen) atoms. The summed E-state index contributed by atoms with van der Waals surface area (Å²) in [4.78, 5) is 4.34. The highest BCUT2D eigenvalue weighted by molar-refractivity contribution is 5.34. The highest BCUT2D eigenvalue weighted by Crippen LogP contribution is 2.03. The van der Waals surface area contributed by atoms with Crippen molar-refractivity contribution in [2.75, 3.05) is 31.6 Å². The molecule has 0 radical (unpaired) electrons. The summed E-state index contributed by atoms with van der Waals surface area (Å²) in [7, 11) is 0. The van der Waals surface area contributed by atoms with Gasteiger partial charge in [-0.25, -0.2) is 4.98 Å². The zero-order valence-corrected chi connectivity index (χ0v) is 9.20. The first-order chi connectivity index (χ1) is 7.33. The van der Waals surface area contributed by atoms with Crippen LogP contribution in [0.25, 0.3) is 0 Å². The molecule has 0 atom stereocenters. The van der Waals surface area contributed by atoms with E-state index in [2.05, 4.69) is 10.3 Å². The zero-order valence-electron chi connectivity index (χ0n) is 9.20. The minimum atomic E-state index is 0.590. The van der Waals surface area contributed by atoms with Crippen LogP contribution in [0.1, 0.15) is 12.1 Å². The molecular weight excluding hydrogens is 190 g/mol. The molecule has 84 valence electrons. The maximum absolute atomic E-state index is 5.30. The van der Waals surface area contributed by atoms with Gasteiger partial charge in [-0.3, -0.25) is 0 Å². The second-order valence-electron chi connectivity index (χ2n) is 3.35. The zero-order chi connectivity index (χ0) is 10.9. The summed E-state index contributed by atoms with van der Waals surface area (Å²) in [5.41, 5.74) is 6.33. The van der Waals surface area contributed by atoms with Crippen molar-refractivity contribution in [3.05, 3.63) is 23.9 Å². The van der Waals surface area contributed by atoms with Gasteiger partial charge < -0.3 is 15.8 Å². The van der Waals surface area contributed by atoms with E-state index >= 15 is 0 Å². The molecule has 0 unspecified atom stereocenters. The Hall–Kier alpha value is -1.13. The third kappa shape index (κ3) is 5.34. The van der Waals surface area contributed by atoms with Crippen molar-refractivity contribution in [2.24, 2.45) is 5.73 Å². The number of hydrogen-bond acceptors (Lipinski definition) is 4. The number of rotatable bonds is 7. The van der Waals surface area contributed by atoms with Crippen molar-refractivity contribution in [3.63, 3.8) is 0 Å². The molecule has 1 heterocycles. The molecule has 0 amide bonds. The van der Waals surface area contributed by atoms with Gasteiger partial charge in [0.25, 0.3) is 0 Å². The molecule has 1 aromatic rings. The normalized spacial score (nSPS) is 10.3. The highest BCUT2D eigenvalue weighted by atomic mass is 16.5. The SMILES string of the molecule is Cc1cccc(NCCCOCCN)n1. The van der Waals surface area contributed by atoms with Crippen LogP contribution >= 0.6 is 0 Å². The predicted molar refractivity (Wildman–Crippen MR) is 62.0 cm³/mol. The van der Waals surface area contributed by atoms with Gasteiger partial charge in [0.05, 0.1) is 6.61 Å². The molecule has 0 aromatic carbocycles.